The Hall–Kier alpha value is -4.26. The molecule has 32 heavy (non-hydrogen) atoms. The van der Waals surface area contributed by atoms with Crippen LogP contribution in [0.2, 0.25) is 0 Å². The van der Waals surface area contributed by atoms with Crippen molar-refractivity contribution in [1.82, 2.24) is 0 Å². The van der Waals surface area contributed by atoms with Gasteiger partial charge in [-0.1, -0.05) is 49.0 Å². The average Bonchev–Trinajstić information content (AvgIpc) is 2.83. The highest BCUT2D eigenvalue weighted by molar-refractivity contribution is 6.11. The molecule has 0 radical (unpaired) electrons. The fourth-order valence-corrected chi connectivity index (χ4v) is 2.90. The van der Waals surface area contributed by atoms with E-state index in [0.29, 0.717) is 23.4 Å². The lowest BCUT2D eigenvalue weighted by molar-refractivity contribution is -0.137. The van der Waals surface area contributed by atoms with Crippen LogP contribution in [0.1, 0.15) is 21.5 Å². The van der Waals surface area contributed by atoms with Crippen LogP contribution >= 0.6 is 0 Å². The summed E-state index contributed by atoms with van der Waals surface area (Å²) in [6.45, 7) is 3.61. The molecule has 0 unspecified atom stereocenters. The van der Waals surface area contributed by atoms with Gasteiger partial charge in [0, 0.05) is 24.1 Å². The fourth-order valence-electron chi connectivity index (χ4n) is 2.90. The summed E-state index contributed by atoms with van der Waals surface area (Å²) in [6.07, 6.45) is 1.69. The number of carbonyl (C=O) groups excluding carboxylic acids is 2. The van der Waals surface area contributed by atoms with Crippen LogP contribution in [0.4, 0.5) is 11.4 Å². The highest BCUT2D eigenvalue weighted by Crippen LogP contribution is 2.36. The van der Waals surface area contributed by atoms with Crippen molar-refractivity contribution in [3.05, 3.63) is 96.1 Å². The first-order chi connectivity index (χ1) is 15.5. The number of phenolic OH excluding ortho intramolecular Hbond substituents is 1. The molecule has 7 nitrogen and oxygen atoms in total. The van der Waals surface area contributed by atoms with Crippen molar-refractivity contribution in [3.8, 4) is 11.5 Å². The van der Waals surface area contributed by atoms with E-state index < -0.39 is 5.97 Å². The zero-order chi connectivity index (χ0) is 22.9. The summed E-state index contributed by atoms with van der Waals surface area (Å²) in [7, 11) is 1.44. The van der Waals surface area contributed by atoms with Crippen molar-refractivity contribution in [3.63, 3.8) is 0 Å². The molecule has 0 fully saturated rings. The molecule has 0 saturated carbocycles. The van der Waals surface area contributed by atoms with Crippen LogP contribution in [-0.4, -0.2) is 30.6 Å². The monoisotopic (exact) mass is 430 g/mol. The van der Waals surface area contributed by atoms with E-state index in [2.05, 4.69) is 16.8 Å². The van der Waals surface area contributed by atoms with Crippen LogP contribution in [0.3, 0.4) is 0 Å². The zero-order valence-electron chi connectivity index (χ0n) is 17.5. The van der Waals surface area contributed by atoms with E-state index in [-0.39, 0.29) is 29.5 Å². The van der Waals surface area contributed by atoms with Gasteiger partial charge in [0.25, 0.3) is 0 Å². The third-order valence-corrected chi connectivity index (χ3v) is 4.59. The molecular weight excluding hydrogens is 408 g/mol. The van der Waals surface area contributed by atoms with Gasteiger partial charge in [0.2, 0.25) is 0 Å². The quantitative estimate of drug-likeness (QED) is 0.214. The number of carbonyl (C=O) groups is 2. The summed E-state index contributed by atoms with van der Waals surface area (Å²) in [5.41, 5.74) is 2.42. The molecule has 0 amide bonds. The normalized spacial score (nSPS) is 10.7. The first-order valence-electron chi connectivity index (χ1n) is 9.82. The maximum atomic E-state index is 12.8. The summed E-state index contributed by atoms with van der Waals surface area (Å²) < 4.78 is 10.2. The Balaban J connectivity index is 1.78. The Morgan fingerprint density at radius 2 is 1.75 bits per heavy atom. The van der Waals surface area contributed by atoms with Crippen molar-refractivity contribution in [2.45, 2.75) is 6.42 Å². The molecule has 0 aliphatic carbocycles. The minimum Gasteiger partial charge on any atom is -0.507 e. The molecule has 0 saturated heterocycles. The standard InChI is InChI=1S/C25H22N2O5/c1-3-24(29)32-14-13-17-9-11-19(12-10-17)26-27-21-15-20(22(28)16-23(21)31-2)25(30)18-7-5-4-6-8-18/h3-12,15-16,28H,1,13-14H2,2H3/b27-26+. The Morgan fingerprint density at radius 3 is 2.41 bits per heavy atom. The number of aromatic hydroxyl groups is 1. The van der Waals surface area contributed by atoms with E-state index in [9.17, 15) is 14.7 Å². The molecule has 3 rings (SSSR count). The van der Waals surface area contributed by atoms with Gasteiger partial charge in [-0.05, 0) is 23.8 Å². The number of hydrogen-bond acceptors (Lipinski definition) is 7. The van der Waals surface area contributed by atoms with Gasteiger partial charge in [-0.25, -0.2) is 4.79 Å². The minimum atomic E-state index is -0.455. The van der Waals surface area contributed by atoms with Gasteiger partial charge in [-0.2, -0.15) is 5.11 Å². The maximum Gasteiger partial charge on any atom is 0.330 e. The molecule has 1 N–H and O–H groups in total. The fraction of sp³-hybridized carbons (Fsp3) is 0.120. The molecular formula is C25H22N2O5. The number of rotatable bonds is 9. The molecule has 0 spiro atoms. The molecule has 0 aliphatic rings. The number of methoxy groups -OCH3 is 1. The van der Waals surface area contributed by atoms with Crippen LogP contribution in [0.15, 0.2) is 89.6 Å². The molecule has 3 aromatic rings. The molecule has 0 aliphatic heterocycles. The van der Waals surface area contributed by atoms with Gasteiger partial charge in [-0.15, -0.1) is 5.11 Å². The lowest BCUT2D eigenvalue weighted by Crippen LogP contribution is -2.04. The largest absolute Gasteiger partial charge is 0.507 e. The molecule has 7 heteroatoms. The highest BCUT2D eigenvalue weighted by atomic mass is 16.5. The Bertz CT molecular complexity index is 1140. The number of nitrogens with zero attached hydrogens (tertiary/aromatic N) is 2. The number of hydrogen-bond donors (Lipinski definition) is 1. The highest BCUT2D eigenvalue weighted by Gasteiger charge is 2.17. The first-order valence-corrected chi connectivity index (χ1v) is 9.82. The predicted octanol–water partition coefficient (Wildman–Crippen LogP) is 5.32. The second-order valence-corrected chi connectivity index (χ2v) is 6.72. The summed E-state index contributed by atoms with van der Waals surface area (Å²) in [6, 6.07) is 18.7. The van der Waals surface area contributed by atoms with E-state index in [1.807, 2.05) is 18.2 Å². The van der Waals surface area contributed by atoms with Crippen LogP contribution in [0.5, 0.6) is 11.5 Å². The van der Waals surface area contributed by atoms with Crippen LogP contribution in [-0.2, 0) is 16.0 Å². The van der Waals surface area contributed by atoms with Crippen molar-refractivity contribution in [1.29, 1.82) is 0 Å². The van der Waals surface area contributed by atoms with E-state index in [1.54, 1.807) is 36.4 Å². The van der Waals surface area contributed by atoms with E-state index in [1.165, 1.54) is 19.2 Å². The lowest BCUT2D eigenvalue weighted by Gasteiger charge is -2.09. The Morgan fingerprint density at radius 1 is 1.03 bits per heavy atom. The van der Waals surface area contributed by atoms with Crippen molar-refractivity contribution >= 4 is 23.1 Å². The smallest absolute Gasteiger partial charge is 0.330 e. The summed E-state index contributed by atoms with van der Waals surface area (Å²) in [5, 5.41) is 18.7. The molecule has 0 aromatic heterocycles. The molecule has 3 aromatic carbocycles. The second kappa shape index (κ2) is 10.7. The number of ketones is 1. The Kier molecular flexibility index (Phi) is 7.48. The first kappa shape index (κ1) is 22.4. The predicted molar refractivity (Wildman–Crippen MR) is 120 cm³/mol. The second-order valence-electron chi connectivity index (χ2n) is 6.72. The van der Waals surface area contributed by atoms with Gasteiger partial charge in [0.1, 0.15) is 17.2 Å². The van der Waals surface area contributed by atoms with E-state index >= 15 is 0 Å². The van der Waals surface area contributed by atoms with Crippen LogP contribution in [0.25, 0.3) is 0 Å². The topological polar surface area (TPSA) is 97.6 Å². The van der Waals surface area contributed by atoms with Gasteiger partial charge < -0.3 is 14.6 Å². The SMILES string of the molecule is C=CC(=O)OCCc1ccc(/N=N/c2cc(C(=O)c3ccccc3)c(O)cc2OC)cc1. The third-order valence-electron chi connectivity index (χ3n) is 4.59. The molecule has 0 atom stereocenters. The molecule has 0 heterocycles. The third kappa shape index (κ3) is 5.66. The van der Waals surface area contributed by atoms with Gasteiger partial charge in [0.05, 0.1) is 25.0 Å². The average molecular weight is 430 g/mol. The number of benzene rings is 3. The maximum absolute atomic E-state index is 12.8. The summed E-state index contributed by atoms with van der Waals surface area (Å²) in [4.78, 5) is 23.8. The van der Waals surface area contributed by atoms with Crippen molar-refractivity contribution in [2.75, 3.05) is 13.7 Å². The molecule has 0 bridgehead atoms. The zero-order valence-corrected chi connectivity index (χ0v) is 17.5. The van der Waals surface area contributed by atoms with E-state index in [4.69, 9.17) is 9.47 Å². The van der Waals surface area contributed by atoms with Crippen molar-refractivity contribution in [2.24, 2.45) is 10.2 Å². The number of phenols is 1. The van der Waals surface area contributed by atoms with Gasteiger partial charge >= 0.3 is 5.97 Å². The lowest BCUT2D eigenvalue weighted by atomic mass is 10.0. The van der Waals surface area contributed by atoms with E-state index in [0.717, 1.165) is 11.6 Å². The van der Waals surface area contributed by atoms with Gasteiger partial charge in [-0.3, -0.25) is 4.79 Å². The summed E-state index contributed by atoms with van der Waals surface area (Å²) >= 11 is 0. The van der Waals surface area contributed by atoms with Gasteiger partial charge in [0.15, 0.2) is 5.78 Å². The number of esters is 1. The van der Waals surface area contributed by atoms with Crippen molar-refractivity contribution < 1.29 is 24.2 Å². The number of ether oxygens (including phenoxy) is 2. The van der Waals surface area contributed by atoms with Crippen LogP contribution < -0.4 is 4.74 Å². The molecule has 162 valence electrons. The number of azo groups is 1. The Labute approximate surface area is 185 Å². The van der Waals surface area contributed by atoms with Crippen LogP contribution in [0, 0.1) is 0 Å². The summed E-state index contributed by atoms with van der Waals surface area (Å²) in [5.74, 6) is -0.695. The minimum absolute atomic E-state index is 0.107.